The molecule has 1 aliphatic rings. The van der Waals surface area contributed by atoms with E-state index in [1.165, 1.54) is 16.3 Å². The molecule has 2 atom stereocenters. The third kappa shape index (κ3) is 7.68. The number of esters is 1. The van der Waals surface area contributed by atoms with E-state index in [1.54, 1.807) is 45.0 Å². The lowest BCUT2D eigenvalue weighted by Crippen LogP contribution is -2.34. The minimum absolute atomic E-state index is 0.172. The topological polar surface area (TPSA) is 79.9 Å². The van der Waals surface area contributed by atoms with Crippen LogP contribution in [0.15, 0.2) is 91.0 Å². The molecule has 2 N–H and O–H groups in total. The number of fused-ring (bicyclic) bond motifs is 1. The molecule has 1 saturated heterocycles. The van der Waals surface area contributed by atoms with Gasteiger partial charge in [-0.1, -0.05) is 54.6 Å². The third-order valence-electron chi connectivity index (χ3n) is 7.35. The van der Waals surface area contributed by atoms with Gasteiger partial charge in [0.15, 0.2) is 0 Å². The fourth-order valence-electron chi connectivity index (χ4n) is 5.39. The summed E-state index contributed by atoms with van der Waals surface area (Å²) in [6.07, 6.45) is 0.715. The zero-order valence-corrected chi connectivity index (χ0v) is 24.7. The smallest absolute Gasteiger partial charge is 0.412 e. The highest BCUT2D eigenvalue weighted by molar-refractivity contribution is 5.86. The number of carbonyl (C=O) groups excluding carboxylic acids is 2. The van der Waals surface area contributed by atoms with Gasteiger partial charge >= 0.3 is 12.1 Å². The van der Waals surface area contributed by atoms with E-state index in [9.17, 15) is 9.59 Å². The molecule has 218 valence electrons. The van der Waals surface area contributed by atoms with Crippen LogP contribution >= 0.6 is 0 Å². The average Bonchev–Trinajstić information content (AvgIpc) is 3.41. The van der Waals surface area contributed by atoms with Crippen LogP contribution < -0.4 is 20.3 Å². The number of hydrogen-bond donors (Lipinski definition) is 2. The van der Waals surface area contributed by atoms with Gasteiger partial charge in [-0.3, -0.25) is 10.1 Å². The molecule has 1 aliphatic heterocycles. The number of ether oxygens (including phenoxy) is 2. The van der Waals surface area contributed by atoms with E-state index >= 15 is 0 Å². The van der Waals surface area contributed by atoms with Crippen molar-refractivity contribution >= 4 is 34.2 Å². The molecular formula is C35H39N3O4. The molecule has 0 aliphatic carbocycles. The van der Waals surface area contributed by atoms with Crippen molar-refractivity contribution in [2.45, 2.75) is 58.2 Å². The Morgan fingerprint density at radius 3 is 2.38 bits per heavy atom. The van der Waals surface area contributed by atoms with E-state index in [0.29, 0.717) is 17.5 Å². The van der Waals surface area contributed by atoms with Gasteiger partial charge < -0.3 is 19.7 Å². The first-order valence-electron chi connectivity index (χ1n) is 14.5. The highest BCUT2D eigenvalue weighted by Gasteiger charge is 2.25. The minimum atomic E-state index is -0.580. The number of nitrogens with one attached hydrogen (secondary N) is 2. The molecule has 1 fully saturated rings. The van der Waals surface area contributed by atoms with Gasteiger partial charge in [0.1, 0.15) is 11.4 Å². The van der Waals surface area contributed by atoms with Gasteiger partial charge in [-0.25, -0.2) is 4.79 Å². The van der Waals surface area contributed by atoms with Crippen molar-refractivity contribution in [2.24, 2.45) is 0 Å². The van der Waals surface area contributed by atoms with Gasteiger partial charge in [0, 0.05) is 36.5 Å². The predicted molar refractivity (Wildman–Crippen MR) is 168 cm³/mol. The highest BCUT2D eigenvalue weighted by atomic mass is 16.6. The quantitative estimate of drug-likeness (QED) is 0.173. The molecule has 0 bridgehead atoms. The molecule has 4 aromatic carbocycles. The Labute approximate surface area is 247 Å². The fraction of sp³-hybridized carbons (Fsp3) is 0.314. The average molecular weight is 566 g/mol. The van der Waals surface area contributed by atoms with Crippen LogP contribution in [0.4, 0.5) is 16.2 Å². The second-order valence-corrected chi connectivity index (χ2v) is 11.9. The molecule has 1 heterocycles. The first-order valence-corrected chi connectivity index (χ1v) is 14.5. The fourth-order valence-corrected chi connectivity index (χ4v) is 5.39. The van der Waals surface area contributed by atoms with Crippen LogP contribution in [0.3, 0.4) is 0 Å². The largest absolute Gasteiger partial charge is 0.444 e. The van der Waals surface area contributed by atoms with Gasteiger partial charge in [0.2, 0.25) is 0 Å². The molecular weight excluding hydrogens is 526 g/mol. The lowest BCUT2D eigenvalue weighted by Gasteiger charge is -2.23. The maximum absolute atomic E-state index is 12.6. The molecule has 7 nitrogen and oxygen atoms in total. The highest BCUT2D eigenvalue weighted by Crippen LogP contribution is 2.27. The van der Waals surface area contributed by atoms with Crippen LogP contribution in [0.25, 0.3) is 10.8 Å². The van der Waals surface area contributed by atoms with Crippen molar-refractivity contribution in [3.8, 4) is 5.75 Å². The SMILES string of the molecule is C[C@@H](N[C@H]1CCN(c2ccc(CC(=O)Oc3ccc(NC(=O)OC(C)(C)C)cc3)cc2)C1)c1cccc2ccccc12. The Bertz CT molecular complexity index is 1520. The second-order valence-electron chi connectivity index (χ2n) is 11.9. The van der Waals surface area contributed by atoms with E-state index in [2.05, 4.69) is 77.1 Å². The van der Waals surface area contributed by atoms with Crippen LogP contribution in [0.1, 0.15) is 51.3 Å². The van der Waals surface area contributed by atoms with Crippen molar-refractivity contribution in [3.63, 3.8) is 0 Å². The van der Waals surface area contributed by atoms with Gasteiger partial charge in [-0.15, -0.1) is 0 Å². The molecule has 0 unspecified atom stereocenters. The summed E-state index contributed by atoms with van der Waals surface area (Å²) in [6.45, 7) is 9.58. The summed E-state index contributed by atoms with van der Waals surface area (Å²) in [7, 11) is 0. The normalized spacial score (nSPS) is 15.8. The van der Waals surface area contributed by atoms with Crippen molar-refractivity contribution in [3.05, 3.63) is 102 Å². The second kappa shape index (κ2) is 12.7. The maximum Gasteiger partial charge on any atom is 0.412 e. The number of amides is 1. The van der Waals surface area contributed by atoms with Crippen LogP contribution in [0, 0.1) is 0 Å². The van der Waals surface area contributed by atoms with Crippen LogP contribution in [-0.2, 0) is 16.0 Å². The summed E-state index contributed by atoms with van der Waals surface area (Å²) in [6, 6.07) is 30.5. The Kier molecular flexibility index (Phi) is 8.78. The molecule has 4 aromatic rings. The molecule has 7 heteroatoms. The van der Waals surface area contributed by atoms with E-state index in [0.717, 1.165) is 30.8 Å². The number of benzene rings is 4. The van der Waals surface area contributed by atoms with Crippen LogP contribution in [0.5, 0.6) is 5.75 Å². The third-order valence-corrected chi connectivity index (χ3v) is 7.35. The molecule has 0 aromatic heterocycles. The molecule has 0 spiro atoms. The Morgan fingerprint density at radius 2 is 1.64 bits per heavy atom. The number of rotatable bonds is 8. The summed E-state index contributed by atoms with van der Waals surface area (Å²) in [5.74, 6) is 0.0724. The molecule has 5 rings (SSSR count). The molecule has 0 radical (unpaired) electrons. The first kappa shape index (κ1) is 29.1. The molecule has 0 saturated carbocycles. The Morgan fingerprint density at radius 1 is 0.929 bits per heavy atom. The maximum atomic E-state index is 12.6. The summed E-state index contributed by atoms with van der Waals surface area (Å²) < 4.78 is 10.8. The number of hydrogen-bond acceptors (Lipinski definition) is 6. The van der Waals surface area contributed by atoms with Gasteiger partial charge in [-0.05, 0) is 92.4 Å². The summed E-state index contributed by atoms with van der Waals surface area (Å²) in [4.78, 5) is 26.9. The summed E-state index contributed by atoms with van der Waals surface area (Å²) in [5, 5.41) is 9.07. The van der Waals surface area contributed by atoms with Gasteiger partial charge in [0.25, 0.3) is 0 Å². The van der Waals surface area contributed by atoms with Crippen molar-refractivity contribution < 1.29 is 19.1 Å². The van der Waals surface area contributed by atoms with E-state index in [1.807, 2.05) is 12.1 Å². The number of carbonyl (C=O) groups is 2. The van der Waals surface area contributed by atoms with Gasteiger partial charge in [-0.2, -0.15) is 0 Å². The zero-order valence-electron chi connectivity index (χ0n) is 24.7. The van der Waals surface area contributed by atoms with E-state index in [-0.39, 0.29) is 18.4 Å². The minimum Gasteiger partial charge on any atom is -0.444 e. The van der Waals surface area contributed by atoms with E-state index < -0.39 is 11.7 Å². The number of nitrogens with zero attached hydrogens (tertiary/aromatic N) is 1. The lowest BCUT2D eigenvalue weighted by atomic mass is 9.99. The Hall–Kier alpha value is -4.36. The first-order chi connectivity index (χ1) is 20.1. The monoisotopic (exact) mass is 565 g/mol. The number of anilines is 2. The standard InChI is InChI=1S/C35H39N3O4/c1-24(31-11-7-9-26-8-5-6-10-32(26)31)36-28-20-21-38(23-28)29-16-12-25(13-17-29)22-33(39)41-30-18-14-27(15-19-30)37-34(40)42-35(2,3)4/h5-19,24,28,36H,20-23H2,1-4H3,(H,37,40)/t24-,28+/m1/s1. The zero-order chi connectivity index (χ0) is 29.7. The summed E-state index contributed by atoms with van der Waals surface area (Å²) in [5.41, 5.74) is 3.36. The molecule has 1 amide bonds. The van der Waals surface area contributed by atoms with Crippen molar-refractivity contribution in [1.29, 1.82) is 0 Å². The Balaban J connectivity index is 1.10. The van der Waals surface area contributed by atoms with E-state index in [4.69, 9.17) is 9.47 Å². The lowest BCUT2D eigenvalue weighted by molar-refractivity contribution is -0.133. The van der Waals surface area contributed by atoms with Crippen LogP contribution in [0.2, 0.25) is 0 Å². The molecule has 42 heavy (non-hydrogen) atoms. The van der Waals surface area contributed by atoms with Crippen molar-refractivity contribution in [2.75, 3.05) is 23.3 Å². The van der Waals surface area contributed by atoms with Crippen molar-refractivity contribution in [1.82, 2.24) is 5.32 Å². The summed E-state index contributed by atoms with van der Waals surface area (Å²) >= 11 is 0. The predicted octanol–water partition coefficient (Wildman–Crippen LogP) is 7.26. The van der Waals surface area contributed by atoms with Gasteiger partial charge in [0.05, 0.1) is 6.42 Å². The van der Waals surface area contributed by atoms with Crippen LogP contribution in [-0.4, -0.2) is 36.8 Å².